The number of anilines is 6. The summed E-state index contributed by atoms with van der Waals surface area (Å²) in [4.78, 5) is 5.00. The Morgan fingerprint density at radius 2 is 1.07 bits per heavy atom. The first-order valence-corrected chi connectivity index (χ1v) is 24.2. The third kappa shape index (κ3) is 6.05. The maximum absolute atomic E-state index is 7.36. The molecular formula is C62H60BN3O. The lowest BCUT2D eigenvalue weighted by Gasteiger charge is -2.43. The number of benzene rings is 7. The number of aromatic nitrogens is 1. The molecule has 4 heterocycles. The number of nitrogens with zero attached hydrogens (tertiary/aromatic N) is 3. The van der Waals surface area contributed by atoms with E-state index < -0.39 is 0 Å². The molecule has 4 nitrogen and oxygen atoms in total. The highest BCUT2D eigenvalue weighted by Crippen LogP contribution is 2.55. The molecule has 9 aromatic rings. The van der Waals surface area contributed by atoms with Crippen LogP contribution in [0.15, 0.2) is 150 Å². The summed E-state index contributed by atoms with van der Waals surface area (Å²) in [6.07, 6.45) is 0. The van der Waals surface area contributed by atoms with Gasteiger partial charge in [0, 0.05) is 61.3 Å². The van der Waals surface area contributed by atoms with E-state index >= 15 is 0 Å². The molecule has 0 amide bonds. The zero-order valence-electron chi connectivity index (χ0n) is 41.2. The third-order valence-electron chi connectivity index (χ3n) is 15.3. The highest BCUT2D eigenvalue weighted by molar-refractivity contribution is 7.01. The molecule has 0 fully saturated rings. The standard InChI is InChI=1S/C62H60BN3O/c1-37-32-51-56-52(33-37)66(43-29-24-39(25-30-43)60(5,6)7)58-55(45-31-26-40(61(8,9)10)34-53(45)67-58)63(56)48-36-49-46(35-50(48)64(51)42-27-22-38(23-28-42)59(2,3)4)54-57(65(49)41-18-14-13-15-19-41)44-20-16-17-21-47(44)62(54,11)12/h13-36H,1-12H3. The van der Waals surface area contributed by atoms with Crippen molar-refractivity contribution in [2.45, 2.75) is 105 Å². The topological polar surface area (TPSA) is 24.6 Å². The first-order valence-electron chi connectivity index (χ1n) is 24.2. The zero-order chi connectivity index (χ0) is 46.7. The second kappa shape index (κ2) is 13.9. The minimum atomic E-state index is -0.222. The number of rotatable bonds is 3. The van der Waals surface area contributed by atoms with E-state index in [1.807, 2.05) is 0 Å². The molecule has 3 aliphatic rings. The van der Waals surface area contributed by atoms with Crippen molar-refractivity contribution in [3.05, 3.63) is 179 Å². The van der Waals surface area contributed by atoms with Crippen molar-refractivity contribution in [2.75, 3.05) is 9.80 Å². The van der Waals surface area contributed by atoms with Crippen molar-refractivity contribution in [2.24, 2.45) is 0 Å². The van der Waals surface area contributed by atoms with Crippen molar-refractivity contribution in [1.82, 2.24) is 4.57 Å². The highest BCUT2D eigenvalue weighted by Gasteiger charge is 2.48. The Kier molecular flexibility index (Phi) is 8.66. The molecule has 0 saturated heterocycles. The molecule has 12 rings (SSSR count). The number of fused-ring (bicyclic) bond motifs is 11. The molecule has 67 heavy (non-hydrogen) atoms. The summed E-state index contributed by atoms with van der Waals surface area (Å²) in [6.45, 7) is 27.6. The first kappa shape index (κ1) is 41.7. The van der Waals surface area contributed by atoms with Crippen molar-refractivity contribution in [3.8, 4) is 16.9 Å². The molecule has 2 aliphatic heterocycles. The fourth-order valence-electron chi connectivity index (χ4n) is 11.8. The van der Waals surface area contributed by atoms with Gasteiger partial charge in [-0.25, -0.2) is 0 Å². The molecule has 332 valence electrons. The Labute approximate surface area is 397 Å². The molecule has 7 aromatic carbocycles. The van der Waals surface area contributed by atoms with E-state index in [9.17, 15) is 0 Å². The van der Waals surface area contributed by atoms with Crippen LogP contribution in [-0.4, -0.2) is 11.3 Å². The van der Waals surface area contributed by atoms with Crippen LogP contribution < -0.4 is 26.2 Å². The van der Waals surface area contributed by atoms with Gasteiger partial charge in [0.05, 0.1) is 11.2 Å². The predicted molar refractivity (Wildman–Crippen MR) is 285 cm³/mol. The summed E-state index contributed by atoms with van der Waals surface area (Å²) in [7, 11) is 0. The molecule has 0 spiro atoms. The van der Waals surface area contributed by atoms with Gasteiger partial charge in [-0.05, 0) is 134 Å². The Morgan fingerprint density at radius 1 is 0.507 bits per heavy atom. The second-order valence-electron chi connectivity index (χ2n) is 23.2. The maximum Gasteiger partial charge on any atom is 0.257 e. The van der Waals surface area contributed by atoms with Crippen LogP contribution in [0.1, 0.15) is 110 Å². The minimum Gasteiger partial charge on any atom is -0.440 e. The Balaban J connectivity index is 1.23. The monoisotopic (exact) mass is 873 g/mol. The van der Waals surface area contributed by atoms with Crippen LogP contribution in [0.4, 0.5) is 34.3 Å². The molecule has 2 aromatic heterocycles. The number of furan rings is 1. The average Bonchev–Trinajstić information content (AvgIpc) is 3.91. The van der Waals surface area contributed by atoms with Gasteiger partial charge in [0.2, 0.25) is 5.88 Å². The van der Waals surface area contributed by atoms with Crippen LogP contribution >= 0.6 is 0 Å². The summed E-state index contributed by atoms with van der Waals surface area (Å²) in [6, 6.07) is 55.5. The molecule has 1 aliphatic carbocycles. The fraction of sp³-hybridized carbons (Fsp3) is 0.258. The smallest absolute Gasteiger partial charge is 0.257 e. The number of hydrogen-bond acceptors (Lipinski definition) is 3. The normalized spacial score (nSPS) is 14.9. The van der Waals surface area contributed by atoms with Gasteiger partial charge in [0.1, 0.15) is 5.58 Å². The van der Waals surface area contributed by atoms with Crippen LogP contribution in [0.5, 0.6) is 0 Å². The molecule has 0 bridgehead atoms. The summed E-state index contributed by atoms with van der Waals surface area (Å²) in [5.41, 5.74) is 23.1. The van der Waals surface area contributed by atoms with Crippen LogP contribution in [0.25, 0.3) is 38.8 Å². The lowest BCUT2D eigenvalue weighted by atomic mass is 9.33. The fourth-order valence-corrected chi connectivity index (χ4v) is 11.8. The van der Waals surface area contributed by atoms with E-state index in [0.29, 0.717) is 0 Å². The lowest BCUT2D eigenvalue weighted by Crippen LogP contribution is -2.61. The molecule has 0 atom stereocenters. The van der Waals surface area contributed by atoms with E-state index in [1.165, 1.54) is 89.0 Å². The molecule has 0 unspecified atom stereocenters. The quantitative estimate of drug-likeness (QED) is 0.165. The van der Waals surface area contributed by atoms with Crippen LogP contribution in [0.3, 0.4) is 0 Å². The first-order chi connectivity index (χ1) is 31.8. The third-order valence-corrected chi connectivity index (χ3v) is 15.3. The summed E-state index contributed by atoms with van der Waals surface area (Å²) in [5, 5.41) is 2.45. The van der Waals surface area contributed by atoms with E-state index in [0.717, 1.165) is 33.9 Å². The highest BCUT2D eigenvalue weighted by atomic mass is 16.4. The average molecular weight is 874 g/mol. The van der Waals surface area contributed by atoms with Crippen molar-refractivity contribution < 1.29 is 4.42 Å². The largest absolute Gasteiger partial charge is 0.440 e. The van der Waals surface area contributed by atoms with Gasteiger partial charge < -0.3 is 13.9 Å². The predicted octanol–water partition coefficient (Wildman–Crippen LogP) is 15.0. The second-order valence-corrected chi connectivity index (χ2v) is 23.2. The van der Waals surface area contributed by atoms with Crippen LogP contribution in [0, 0.1) is 6.92 Å². The lowest BCUT2D eigenvalue weighted by molar-refractivity contribution is 0.584. The van der Waals surface area contributed by atoms with Crippen molar-refractivity contribution in [1.29, 1.82) is 0 Å². The SMILES string of the molecule is Cc1cc2c3c(c1)N(c1ccc(C(C)(C)C)cc1)c1oc4cc(C(C)(C)C)ccc4c1B3c1cc3c(cc1N2c1ccc(C(C)(C)C)cc1)c1c(n3-c2ccccc2)-c2ccccc2C1(C)C. The van der Waals surface area contributed by atoms with E-state index in [1.54, 1.807) is 0 Å². The number of aryl methyl sites for hydroxylation is 1. The summed E-state index contributed by atoms with van der Waals surface area (Å²) >= 11 is 0. The van der Waals surface area contributed by atoms with Crippen LogP contribution in [-0.2, 0) is 21.7 Å². The van der Waals surface area contributed by atoms with Crippen LogP contribution in [0.2, 0.25) is 0 Å². The number of para-hydroxylation sites is 1. The van der Waals surface area contributed by atoms with E-state index in [-0.39, 0.29) is 28.4 Å². The summed E-state index contributed by atoms with van der Waals surface area (Å²) < 4.78 is 9.92. The zero-order valence-corrected chi connectivity index (χ0v) is 41.2. The van der Waals surface area contributed by atoms with E-state index in [4.69, 9.17) is 4.42 Å². The van der Waals surface area contributed by atoms with Gasteiger partial charge in [0.25, 0.3) is 6.71 Å². The van der Waals surface area contributed by atoms with Crippen molar-refractivity contribution >= 4 is 79.3 Å². The van der Waals surface area contributed by atoms with Gasteiger partial charge in [-0.3, -0.25) is 4.90 Å². The van der Waals surface area contributed by atoms with Gasteiger partial charge in [-0.15, -0.1) is 0 Å². The maximum atomic E-state index is 7.36. The van der Waals surface area contributed by atoms with Gasteiger partial charge in [-0.2, -0.15) is 0 Å². The Bertz CT molecular complexity index is 3490. The summed E-state index contributed by atoms with van der Waals surface area (Å²) in [5.74, 6) is 0.892. The molecule has 0 saturated carbocycles. The molecule has 0 radical (unpaired) electrons. The molecule has 5 heteroatoms. The van der Waals surface area contributed by atoms with Crippen molar-refractivity contribution in [3.63, 3.8) is 0 Å². The number of hydrogen-bond donors (Lipinski definition) is 0. The van der Waals surface area contributed by atoms with Gasteiger partial charge >= 0.3 is 0 Å². The van der Waals surface area contributed by atoms with E-state index in [2.05, 4.69) is 243 Å². The molecule has 0 N–H and O–H groups in total. The molecular weight excluding hydrogens is 814 g/mol. The van der Waals surface area contributed by atoms with Gasteiger partial charge in [0.15, 0.2) is 0 Å². The minimum absolute atomic E-state index is 0.0220. The Morgan fingerprint density at radius 3 is 1.70 bits per heavy atom. The van der Waals surface area contributed by atoms with Gasteiger partial charge in [-0.1, -0.05) is 155 Å². The Hall–Kier alpha value is -6.72.